The average molecular weight is 333 g/mol. The van der Waals surface area contributed by atoms with Crippen molar-refractivity contribution >= 4 is 17.7 Å². The first-order valence-corrected chi connectivity index (χ1v) is 9.22. The first kappa shape index (κ1) is 16.1. The van der Waals surface area contributed by atoms with Crippen molar-refractivity contribution in [2.75, 3.05) is 24.7 Å². The van der Waals surface area contributed by atoms with Crippen LogP contribution in [0.2, 0.25) is 0 Å². The van der Waals surface area contributed by atoms with Crippen molar-refractivity contribution in [2.45, 2.75) is 25.3 Å². The molecular weight excluding hydrogens is 308 g/mol. The Morgan fingerprint density at radius 2 is 1.72 bits per heavy atom. The van der Waals surface area contributed by atoms with E-state index in [1.54, 1.807) is 0 Å². The SMILES string of the molecule is O=C1[C@H]2CCCC[N@@+]2(C/C=C/c2ccccc2)CN1c1ccccc1. The molecule has 0 saturated carbocycles. The second kappa shape index (κ2) is 6.85. The van der Waals surface area contributed by atoms with Crippen molar-refractivity contribution in [3.05, 3.63) is 72.3 Å². The minimum Gasteiger partial charge on any atom is -0.293 e. The maximum atomic E-state index is 13.1. The fraction of sp³-hybridized carbons (Fsp3) is 0.318. The number of piperidine rings is 1. The Balaban J connectivity index is 1.57. The third kappa shape index (κ3) is 3.12. The summed E-state index contributed by atoms with van der Waals surface area (Å²) in [7, 11) is 0. The van der Waals surface area contributed by atoms with Gasteiger partial charge in [0.2, 0.25) is 0 Å². The number of benzene rings is 2. The van der Waals surface area contributed by atoms with Crippen LogP contribution in [0.25, 0.3) is 6.08 Å². The second-order valence-corrected chi connectivity index (χ2v) is 7.19. The van der Waals surface area contributed by atoms with E-state index in [1.807, 2.05) is 41.3 Å². The molecule has 0 aromatic heterocycles. The van der Waals surface area contributed by atoms with Gasteiger partial charge in [-0.05, 0) is 36.6 Å². The third-order valence-corrected chi connectivity index (χ3v) is 5.61. The molecule has 0 bridgehead atoms. The van der Waals surface area contributed by atoms with Crippen LogP contribution in [-0.2, 0) is 4.79 Å². The van der Waals surface area contributed by atoms with Crippen LogP contribution in [0.15, 0.2) is 66.7 Å². The monoisotopic (exact) mass is 333 g/mol. The van der Waals surface area contributed by atoms with E-state index in [1.165, 1.54) is 18.4 Å². The van der Waals surface area contributed by atoms with Crippen molar-refractivity contribution < 1.29 is 9.28 Å². The van der Waals surface area contributed by atoms with Gasteiger partial charge in [0.15, 0.2) is 12.7 Å². The summed E-state index contributed by atoms with van der Waals surface area (Å²) < 4.78 is 0.886. The largest absolute Gasteiger partial charge is 0.293 e. The van der Waals surface area contributed by atoms with Gasteiger partial charge in [0.05, 0.1) is 13.1 Å². The first-order valence-electron chi connectivity index (χ1n) is 9.22. The summed E-state index contributed by atoms with van der Waals surface area (Å²) >= 11 is 0. The van der Waals surface area contributed by atoms with Crippen LogP contribution < -0.4 is 4.90 Å². The summed E-state index contributed by atoms with van der Waals surface area (Å²) in [5.41, 5.74) is 2.26. The molecule has 0 radical (unpaired) electrons. The molecule has 4 rings (SSSR count). The molecule has 2 saturated heterocycles. The molecule has 2 fully saturated rings. The van der Waals surface area contributed by atoms with E-state index >= 15 is 0 Å². The predicted octanol–water partition coefficient (Wildman–Crippen LogP) is 4.07. The second-order valence-electron chi connectivity index (χ2n) is 7.19. The lowest BCUT2D eigenvalue weighted by Crippen LogP contribution is -2.56. The highest BCUT2D eigenvalue weighted by molar-refractivity contribution is 5.97. The van der Waals surface area contributed by atoms with E-state index in [9.17, 15) is 4.79 Å². The number of quaternary nitrogens is 1. The Morgan fingerprint density at radius 1 is 1.00 bits per heavy atom. The van der Waals surface area contributed by atoms with Gasteiger partial charge < -0.3 is 0 Å². The number of hydrogen-bond donors (Lipinski definition) is 0. The lowest BCUT2D eigenvalue weighted by Gasteiger charge is -2.40. The summed E-state index contributed by atoms with van der Waals surface area (Å²) in [5.74, 6) is 0.305. The summed E-state index contributed by atoms with van der Waals surface area (Å²) in [6.45, 7) is 2.82. The molecule has 2 atom stereocenters. The smallest absolute Gasteiger partial charge is 0.289 e. The van der Waals surface area contributed by atoms with E-state index < -0.39 is 0 Å². The molecule has 1 amide bonds. The summed E-state index contributed by atoms with van der Waals surface area (Å²) in [5, 5.41) is 0. The quantitative estimate of drug-likeness (QED) is 0.772. The lowest BCUT2D eigenvalue weighted by atomic mass is 9.99. The number of amides is 1. The normalized spacial score (nSPS) is 26.2. The fourth-order valence-electron chi connectivity index (χ4n) is 4.31. The van der Waals surface area contributed by atoms with Crippen LogP contribution in [0.4, 0.5) is 5.69 Å². The lowest BCUT2D eigenvalue weighted by molar-refractivity contribution is -0.933. The number of nitrogens with zero attached hydrogens (tertiary/aromatic N) is 2. The number of carbonyl (C=O) groups is 1. The van der Waals surface area contributed by atoms with Crippen LogP contribution >= 0.6 is 0 Å². The maximum Gasteiger partial charge on any atom is 0.289 e. The van der Waals surface area contributed by atoms with Crippen LogP contribution in [0, 0.1) is 0 Å². The zero-order chi connectivity index (χ0) is 17.1. The summed E-state index contributed by atoms with van der Waals surface area (Å²) in [6.07, 6.45) is 7.85. The van der Waals surface area contributed by atoms with Gasteiger partial charge in [-0.1, -0.05) is 54.6 Å². The molecule has 128 valence electrons. The van der Waals surface area contributed by atoms with Gasteiger partial charge in [-0.2, -0.15) is 0 Å². The molecule has 2 aromatic carbocycles. The number of fused-ring (bicyclic) bond motifs is 1. The van der Waals surface area contributed by atoms with E-state index in [4.69, 9.17) is 0 Å². The van der Waals surface area contributed by atoms with Gasteiger partial charge in [0, 0.05) is 12.1 Å². The van der Waals surface area contributed by atoms with Gasteiger partial charge in [-0.3, -0.25) is 14.2 Å². The minimum atomic E-state index is 0.120. The zero-order valence-corrected chi connectivity index (χ0v) is 14.6. The molecule has 2 aromatic rings. The van der Waals surface area contributed by atoms with Crippen LogP contribution in [0.5, 0.6) is 0 Å². The molecule has 2 aliphatic heterocycles. The van der Waals surface area contributed by atoms with Crippen molar-refractivity contribution in [1.29, 1.82) is 0 Å². The first-order chi connectivity index (χ1) is 12.3. The zero-order valence-electron chi connectivity index (χ0n) is 14.6. The van der Waals surface area contributed by atoms with Crippen LogP contribution in [0.1, 0.15) is 24.8 Å². The molecule has 3 heteroatoms. The highest BCUT2D eigenvalue weighted by Crippen LogP contribution is 2.35. The number of rotatable bonds is 4. The van der Waals surface area contributed by atoms with E-state index in [0.29, 0.717) is 5.91 Å². The summed E-state index contributed by atoms with van der Waals surface area (Å²) in [6, 6.07) is 20.7. The molecular formula is C22H25N2O+. The molecule has 25 heavy (non-hydrogen) atoms. The predicted molar refractivity (Wildman–Crippen MR) is 102 cm³/mol. The van der Waals surface area contributed by atoms with Crippen molar-refractivity contribution in [2.24, 2.45) is 0 Å². The summed E-state index contributed by atoms with van der Waals surface area (Å²) in [4.78, 5) is 15.1. The Labute approximate surface area is 149 Å². The topological polar surface area (TPSA) is 20.3 Å². The van der Waals surface area contributed by atoms with Crippen molar-refractivity contribution in [3.63, 3.8) is 0 Å². The van der Waals surface area contributed by atoms with Crippen molar-refractivity contribution in [1.82, 2.24) is 0 Å². The Bertz CT molecular complexity index is 756. The standard InChI is InChI=1S/C22H25N2O/c25-22-21-15-7-8-16-24(21,17-9-12-19-10-3-1-4-11-19)18-23(22)20-13-5-2-6-14-20/h1-6,9-14,21H,7-8,15-18H2/q+1/b12-9+/t21-,24-/m1/s1. The molecule has 2 aliphatic rings. The Hall–Kier alpha value is -2.39. The average Bonchev–Trinajstić information content (AvgIpc) is 2.97. The fourth-order valence-corrected chi connectivity index (χ4v) is 4.31. The third-order valence-electron chi connectivity index (χ3n) is 5.61. The van der Waals surface area contributed by atoms with Gasteiger partial charge in [0.1, 0.15) is 0 Å². The molecule has 3 nitrogen and oxygen atoms in total. The molecule has 0 N–H and O–H groups in total. The van der Waals surface area contributed by atoms with Gasteiger partial charge >= 0.3 is 0 Å². The van der Waals surface area contributed by atoms with E-state index in [-0.39, 0.29) is 6.04 Å². The van der Waals surface area contributed by atoms with Gasteiger partial charge in [-0.25, -0.2) is 0 Å². The molecule has 0 aliphatic carbocycles. The Morgan fingerprint density at radius 3 is 2.48 bits per heavy atom. The van der Waals surface area contributed by atoms with E-state index in [2.05, 4.69) is 36.4 Å². The Kier molecular flexibility index (Phi) is 4.41. The number of hydrogen-bond acceptors (Lipinski definition) is 1. The van der Waals surface area contributed by atoms with Crippen LogP contribution in [0.3, 0.4) is 0 Å². The number of carbonyl (C=O) groups excluding carboxylic acids is 1. The molecule has 2 heterocycles. The molecule has 0 spiro atoms. The van der Waals surface area contributed by atoms with E-state index in [0.717, 1.165) is 36.3 Å². The minimum absolute atomic E-state index is 0.120. The number of para-hydroxylation sites is 1. The highest BCUT2D eigenvalue weighted by atomic mass is 16.2. The number of anilines is 1. The van der Waals surface area contributed by atoms with Crippen molar-refractivity contribution in [3.8, 4) is 0 Å². The molecule has 0 unspecified atom stereocenters. The van der Waals surface area contributed by atoms with Crippen LogP contribution in [-0.4, -0.2) is 36.2 Å². The van der Waals surface area contributed by atoms with Gasteiger partial charge in [-0.15, -0.1) is 0 Å². The van der Waals surface area contributed by atoms with Gasteiger partial charge in [0.25, 0.3) is 5.91 Å². The maximum absolute atomic E-state index is 13.1. The highest BCUT2D eigenvalue weighted by Gasteiger charge is 2.52.